The molecule has 2 amide bonds. The Hall–Kier alpha value is -3.23. The molecule has 0 bridgehead atoms. The average Bonchev–Trinajstić information content (AvgIpc) is 3.37. The van der Waals surface area contributed by atoms with Crippen LogP contribution in [0, 0.1) is 18.3 Å². The van der Waals surface area contributed by atoms with Crippen molar-refractivity contribution in [3.8, 4) is 27.9 Å². The molecule has 1 aromatic carbocycles. The lowest BCUT2D eigenvalue weighted by Crippen LogP contribution is -2.35. The number of thiazole rings is 1. The Morgan fingerprint density at radius 2 is 2.16 bits per heavy atom. The summed E-state index contributed by atoms with van der Waals surface area (Å²) in [6.07, 6.45) is 4.61. The van der Waals surface area contributed by atoms with E-state index in [2.05, 4.69) is 20.3 Å². The third-order valence-electron chi connectivity index (χ3n) is 4.57. The minimum absolute atomic E-state index is 0.179. The molecule has 11 heteroatoms. The zero-order chi connectivity index (χ0) is 22.6. The van der Waals surface area contributed by atoms with E-state index in [9.17, 15) is 13.2 Å². The highest BCUT2D eigenvalue weighted by Crippen LogP contribution is 2.36. The number of nitriles is 1. The summed E-state index contributed by atoms with van der Waals surface area (Å²) in [4.78, 5) is 26.6. The Kier molecular flexibility index (Phi) is 6.72. The van der Waals surface area contributed by atoms with E-state index in [1.807, 2.05) is 19.9 Å². The number of amides is 2. The highest BCUT2D eigenvalue weighted by atomic mass is 32.2. The maximum atomic E-state index is 12.5. The lowest BCUT2D eigenvalue weighted by atomic mass is 10.1. The number of aryl methyl sites for hydroxylation is 1. The molecule has 2 N–H and O–H groups in total. The fourth-order valence-electron chi connectivity index (χ4n) is 3.07. The largest absolute Gasteiger partial charge is 0.345 e. The molecule has 9 nitrogen and oxygen atoms in total. The van der Waals surface area contributed by atoms with Crippen LogP contribution in [0.5, 0.6) is 0 Å². The first-order chi connectivity index (χ1) is 14.7. The summed E-state index contributed by atoms with van der Waals surface area (Å²) >= 11 is 1.30. The van der Waals surface area contributed by atoms with Gasteiger partial charge in [-0.05, 0) is 31.5 Å². The number of sulfone groups is 1. The molecule has 162 valence electrons. The topological polar surface area (TPSA) is 132 Å². The molecule has 0 aliphatic carbocycles. The van der Waals surface area contributed by atoms with E-state index in [0.29, 0.717) is 35.3 Å². The van der Waals surface area contributed by atoms with Gasteiger partial charge in [-0.25, -0.2) is 23.2 Å². The summed E-state index contributed by atoms with van der Waals surface area (Å²) in [6, 6.07) is 6.75. The van der Waals surface area contributed by atoms with Crippen molar-refractivity contribution in [1.29, 1.82) is 5.26 Å². The van der Waals surface area contributed by atoms with Crippen molar-refractivity contribution >= 4 is 32.3 Å². The number of hydrogen-bond acceptors (Lipinski definition) is 7. The summed E-state index contributed by atoms with van der Waals surface area (Å²) in [5.74, 6) is 0.453. The normalized spacial score (nSPS) is 11.2. The van der Waals surface area contributed by atoms with Gasteiger partial charge >= 0.3 is 6.03 Å². The van der Waals surface area contributed by atoms with Gasteiger partial charge in [-0.2, -0.15) is 5.26 Å². The number of nitrogens with one attached hydrogen (secondary N) is 2. The molecule has 0 aliphatic rings. The van der Waals surface area contributed by atoms with Gasteiger partial charge in [0.15, 0.2) is 15.0 Å². The van der Waals surface area contributed by atoms with E-state index in [0.717, 1.165) is 16.7 Å². The zero-order valence-corrected chi connectivity index (χ0v) is 19.0. The van der Waals surface area contributed by atoms with E-state index in [1.165, 1.54) is 16.2 Å². The molecular formula is C20H22N6O3S2. The number of carbonyl (C=O) groups is 1. The van der Waals surface area contributed by atoms with Crippen LogP contribution in [0.4, 0.5) is 9.93 Å². The van der Waals surface area contributed by atoms with Crippen molar-refractivity contribution in [2.45, 2.75) is 25.2 Å². The number of aromatic nitrogens is 3. The number of hydrogen-bond donors (Lipinski definition) is 2. The molecule has 0 unspecified atom stereocenters. The van der Waals surface area contributed by atoms with Gasteiger partial charge in [0.2, 0.25) is 0 Å². The molecule has 3 rings (SSSR count). The highest BCUT2D eigenvalue weighted by Gasteiger charge is 2.20. The maximum absolute atomic E-state index is 12.5. The SMILES string of the molecule is CCN(CCC#N)C(=O)Nc1nc(C)c(-c2ccc(S(C)(=O)=O)c(-c3ncc[nH]3)c2)s1. The Morgan fingerprint density at radius 3 is 2.77 bits per heavy atom. The summed E-state index contributed by atoms with van der Waals surface area (Å²) in [5, 5.41) is 12.0. The summed E-state index contributed by atoms with van der Waals surface area (Å²) in [6.45, 7) is 4.49. The number of anilines is 1. The fraction of sp³-hybridized carbons (Fsp3) is 0.300. The van der Waals surface area contributed by atoms with Crippen LogP contribution in [0.25, 0.3) is 21.8 Å². The van der Waals surface area contributed by atoms with Crippen molar-refractivity contribution in [2.24, 2.45) is 0 Å². The molecule has 0 atom stereocenters. The molecule has 2 heterocycles. The summed E-state index contributed by atoms with van der Waals surface area (Å²) in [5.41, 5.74) is 1.95. The van der Waals surface area contributed by atoms with E-state index >= 15 is 0 Å². The van der Waals surface area contributed by atoms with Gasteiger partial charge in [0, 0.05) is 37.3 Å². The van der Waals surface area contributed by atoms with Crippen molar-refractivity contribution in [3.63, 3.8) is 0 Å². The number of carbonyl (C=O) groups excluding carboxylic acids is 1. The van der Waals surface area contributed by atoms with Gasteiger partial charge in [-0.1, -0.05) is 17.4 Å². The Balaban J connectivity index is 1.94. The van der Waals surface area contributed by atoms with Gasteiger partial charge in [0.1, 0.15) is 5.82 Å². The molecule has 0 radical (unpaired) electrons. The molecule has 3 aromatic rings. The first-order valence-electron chi connectivity index (χ1n) is 9.49. The predicted octanol–water partition coefficient (Wildman–Crippen LogP) is 3.68. The molecular weight excluding hydrogens is 436 g/mol. The van der Waals surface area contributed by atoms with Crippen LogP contribution in [0.2, 0.25) is 0 Å². The van der Waals surface area contributed by atoms with Crippen molar-refractivity contribution < 1.29 is 13.2 Å². The molecule has 0 fully saturated rings. The lowest BCUT2D eigenvalue weighted by molar-refractivity contribution is 0.215. The summed E-state index contributed by atoms with van der Waals surface area (Å²) in [7, 11) is -3.46. The van der Waals surface area contributed by atoms with Crippen molar-refractivity contribution in [2.75, 3.05) is 24.7 Å². The smallest absolute Gasteiger partial charge is 0.323 e. The van der Waals surface area contributed by atoms with Gasteiger partial charge in [-0.15, -0.1) is 0 Å². The highest BCUT2D eigenvalue weighted by molar-refractivity contribution is 7.90. The van der Waals surface area contributed by atoms with Crippen molar-refractivity contribution in [1.82, 2.24) is 19.9 Å². The Labute approximate surface area is 184 Å². The first-order valence-corrected chi connectivity index (χ1v) is 12.2. The fourth-order valence-corrected chi connectivity index (χ4v) is 4.89. The molecule has 31 heavy (non-hydrogen) atoms. The van der Waals surface area contributed by atoms with Gasteiger partial charge < -0.3 is 9.88 Å². The second kappa shape index (κ2) is 9.28. The number of H-pyrrole nitrogens is 1. The van der Waals surface area contributed by atoms with Crippen LogP contribution >= 0.6 is 11.3 Å². The van der Waals surface area contributed by atoms with E-state index < -0.39 is 9.84 Å². The van der Waals surface area contributed by atoms with Crippen LogP contribution in [-0.4, -0.2) is 53.6 Å². The minimum Gasteiger partial charge on any atom is -0.345 e. The van der Waals surface area contributed by atoms with Gasteiger partial charge in [-0.3, -0.25) is 5.32 Å². The van der Waals surface area contributed by atoms with E-state index in [-0.39, 0.29) is 17.3 Å². The van der Waals surface area contributed by atoms with Crippen molar-refractivity contribution in [3.05, 3.63) is 36.3 Å². The van der Waals surface area contributed by atoms with Crippen LogP contribution < -0.4 is 5.32 Å². The van der Waals surface area contributed by atoms with E-state index in [4.69, 9.17) is 5.26 Å². The monoisotopic (exact) mass is 458 g/mol. The molecule has 0 aliphatic heterocycles. The molecule has 0 saturated heterocycles. The standard InChI is InChI=1S/C20H22N6O3S2/c1-4-26(11-5-8-21)20(27)25-19-24-13(2)17(30-19)14-6-7-16(31(3,28)29)15(12-14)18-22-9-10-23-18/h6-7,9-10,12H,4-5,11H2,1-3H3,(H,22,23)(H,24,25,27). The number of urea groups is 1. The first kappa shape index (κ1) is 22.5. The van der Waals surface area contributed by atoms with Crippen LogP contribution in [0.3, 0.4) is 0 Å². The second-order valence-corrected chi connectivity index (χ2v) is 9.76. The lowest BCUT2D eigenvalue weighted by Gasteiger charge is -2.18. The quantitative estimate of drug-likeness (QED) is 0.555. The second-order valence-electron chi connectivity index (χ2n) is 6.77. The van der Waals surface area contributed by atoms with Gasteiger partial charge in [0.25, 0.3) is 0 Å². The third-order valence-corrected chi connectivity index (χ3v) is 6.84. The molecule has 2 aromatic heterocycles. The number of aromatic amines is 1. The van der Waals surface area contributed by atoms with Gasteiger partial charge in [0.05, 0.1) is 28.0 Å². The number of rotatable bonds is 7. The van der Waals surface area contributed by atoms with Crippen LogP contribution in [-0.2, 0) is 9.84 Å². The maximum Gasteiger partial charge on any atom is 0.323 e. The minimum atomic E-state index is -3.46. The molecule has 0 saturated carbocycles. The number of imidazole rings is 1. The third kappa shape index (κ3) is 5.10. The summed E-state index contributed by atoms with van der Waals surface area (Å²) < 4.78 is 24.5. The Morgan fingerprint density at radius 1 is 1.39 bits per heavy atom. The zero-order valence-electron chi connectivity index (χ0n) is 17.3. The molecule has 0 spiro atoms. The predicted molar refractivity (Wildman–Crippen MR) is 119 cm³/mol. The van der Waals surface area contributed by atoms with Crippen LogP contribution in [0.15, 0.2) is 35.5 Å². The number of nitrogens with zero attached hydrogens (tertiary/aromatic N) is 4. The number of benzene rings is 1. The van der Waals surface area contributed by atoms with Crippen LogP contribution in [0.1, 0.15) is 19.0 Å². The van der Waals surface area contributed by atoms with E-state index in [1.54, 1.807) is 30.6 Å². The average molecular weight is 459 g/mol. The Bertz CT molecular complexity index is 1230.